The highest BCUT2D eigenvalue weighted by Gasteiger charge is 2.31. The molecule has 2 aromatic carbocycles. The minimum Gasteiger partial charge on any atom is -0.341 e. The molecule has 27 heavy (non-hydrogen) atoms. The number of anilines is 1. The van der Waals surface area contributed by atoms with Crippen LogP contribution in [0, 0.1) is 0 Å². The maximum Gasteiger partial charge on any atom is 0.233 e. The molecule has 2 heterocycles. The summed E-state index contributed by atoms with van der Waals surface area (Å²) in [6, 6.07) is 20.9. The van der Waals surface area contributed by atoms with E-state index in [0.717, 1.165) is 17.8 Å². The summed E-state index contributed by atoms with van der Waals surface area (Å²) in [4.78, 5) is 25.5. The molecule has 3 aromatic rings. The molecule has 4 heteroatoms. The lowest BCUT2D eigenvalue weighted by Crippen LogP contribution is -2.19. The van der Waals surface area contributed by atoms with Gasteiger partial charge in [0.25, 0.3) is 0 Å². The first-order valence-corrected chi connectivity index (χ1v) is 9.36. The number of carbonyl (C=O) groups excluding carboxylic acids is 2. The summed E-state index contributed by atoms with van der Waals surface area (Å²) >= 11 is 0. The number of aryl methyl sites for hydroxylation is 1. The Morgan fingerprint density at radius 1 is 1.00 bits per heavy atom. The van der Waals surface area contributed by atoms with Gasteiger partial charge in [-0.1, -0.05) is 49.4 Å². The van der Waals surface area contributed by atoms with Crippen molar-refractivity contribution in [2.24, 2.45) is 0 Å². The number of amides is 1. The number of benzene rings is 2. The quantitative estimate of drug-likeness (QED) is 0.687. The van der Waals surface area contributed by atoms with E-state index in [2.05, 4.69) is 12.2 Å². The first-order valence-electron chi connectivity index (χ1n) is 9.36. The third kappa shape index (κ3) is 3.31. The van der Waals surface area contributed by atoms with Crippen LogP contribution in [0.4, 0.5) is 5.69 Å². The lowest BCUT2D eigenvalue weighted by atomic mass is 10.0. The Balaban J connectivity index is 1.53. The Morgan fingerprint density at radius 2 is 1.74 bits per heavy atom. The third-order valence-electron chi connectivity index (χ3n) is 5.23. The largest absolute Gasteiger partial charge is 0.341 e. The average molecular weight is 358 g/mol. The SMILES string of the molecule is CCc1ccc(NC(=O)C2CCn3c(C(=O)c4ccccc4)ccc32)cc1. The van der Waals surface area contributed by atoms with Crippen molar-refractivity contribution in [2.75, 3.05) is 5.32 Å². The molecule has 0 radical (unpaired) electrons. The minimum atomic E-state index is -0.229. The Labute approximate surface area is 158 Å². The molecular weight excluding hydrogens is 336 g/mol. The smallest absolute Gasteiger partial charge is 0.233 e. The van der Waals surface area contributed by atoms with E-state index in [1.54, 1.807) is 0 Å². The molecule has 1 aliphatic rings. The molecule has 0 spiro atoms. The molecule has 0 saturated heterocycles. The second-order valence-corrected chi connectivity index (χ2v) is 6.87. The van der Waals surface area contributed by atoms with Crippen molar-refractivity contribution < 1.29 is 9.59 Å². The molecule has 0 fully saturated rings. The van der Waals surface area contributed by atoms with E-state index in [1.165, 1.54) is 5.56 Å². The monoisotopic (exact) mass is 358 g/mol. The topological polar surface area (TPSA) is 51.1 Å². The lowest BCUT2D eigenvalue weighted by molar-refractivity contribution is -0.117. The van der Waals surface area contributed by atoms with Crippen molar-refractivity contribution >= 4 is 17.4 Å². The Morgan fingerprint density at radius 3 is 2.44 bits per heavy atom. The van der Waals surface area contributed by atoms with Crippen LogP contribution in [0.3, 0.4) is 0 Å². The second-order valence-electron chi connectivity index (χ2n) is 6.87. The standard InChI is InChI=1S/C23H22N2O2/c1-2-16-8-10-18(11-9-16)24-23(27)19-14-15-25-20(19)12-13-21(25)22(26)17-6-4-3-5-7-17/h3-13,19H,2,14-15H2,1H3,(H,24,27). The van der Waals surface area contributed by atoms with Crippen LogP contribution in [0.15, 0.2) is 66.7 Å². The van der Waals surface area contributed by atoms with Crippen molar-refractivity contribution in [3.63, 3.8) is 0 Å². The van der Waals surface area contributed by atoms with Gasteiger partial charge in [-0.2, -0.15) is 0 Å². The average Bonchev–Trinajstić information content (AvgIpc) is 3.31. The minimum absolute atomic E-state index is 0.00179. The number of aromatic nitrogens is 1. The maximum atomic E-state index is 12.8. The van der Waals surface area contributed by atoms with Crippen molar-refractivity contribution in [1.82, 2.24) is 4.57 Å². The fourth-order valence-electron chi connectivity index (χ4n) is 3.70. The molecule has 0 saturated carbocycles. The number of nitrogens with zero attached hydrogens (tertiary/aromatic N) is 1. The number of carbonyl (C=O) groups is 2. The molecule has 0 bridgehead atoms. The lowest BCUT2D eigenvalue weighted by Gasteiger charge is -2.11. The van der Waals surface area contributed by atoms with E-state index in [0.29, 0.717) is 24.2 Å². The van der Waals surface area contributed by atoms with Crippen LogP contribution in [0.5, 0.6) is 0 Å². The Bertz CT molecular complexity index is 971. The van der Waals surface area contributed by atoms with E-state index >= 15 is 0 Å². The Hall–Kier alpha value is -3.14. The van der Waals surface area contributed by atoms with Crippen molar-refractivity contribution in [2.45, 2.75) is 32.2 Å². The van der Waals surface area contributed by atoms with Crippen LogP contribution in [0.1, 0.15) is 46.6 Å². The van der Waals surface area contributed by atoms with Crippen LogP contribution in [0.25, 0.3) is 0 Å². The highest BCUT2D eigenvalue weighted by Crippen LogP contribution is 2.32. The number of hydrogen-bond acceptors (Lipinski definition) is 2. The van der Waals surface area contributed by atoms with Crippen LogP contribution >= 0.6 is 0 Å². The molecule has 1 aromatic heterocycles. The maximum absolute atomic E-state index is 12.8. The number of hydrogen-bond donors (Lipinski definition) is 1. The van der Waals surface area contributed by atoms with Gasteiger partial charge in [0.1, 0.15) is 0 Å². The number of nitrogens with one attached hydrogen (secondary N) is 1. The highest BCUT2D eigenvalue weighted by atomic mass is 16.2. The fourth-order valence-corrected chi connectivity index (χ4v) is 3.70. The normalized spacial score (nSPS) is 15.4. The number of rotatable bonds is 5. The first-order chi connectivity index (χ1) is 13.2. The molecule has 1 unspecified atom stereocenters. The number of fused-ring (bicyclic) bond motifs is 1. The van der Waals surface area contributed by atoms with E-state index in [1.807, 2.05) is 71.3 Å². The molecule has 136 valence electrons. The molecule has 0 aliphatic carbocycles. The summed E-state index contributed by atoms with van der Waals surface area (Å²) in [5, 5.41) is 3.01. The zero-order chi connectivity index (χ0) is 18.8. The molecule has 1 N–H and O–H groups in total. The van der Waals surface area contributed by atoms with E-state index in [-0.39, 0.29) is 17.6 Å². The summed E-state index contributed by atoms with van der Waals surface area (Å²) in [7, 11) is 0. The fraction of sp³-hybridized carbons (Fsp3) is 0.217. The zero-order valence-corrected chi connectivity index (χ0v) is 15.3. The van der Waals surface area contributed by atoms with Gasteiger partial charge >= 0.3 is 0 Å². The summed E-state index contributed by atoms with van der Waals surface area (Å²) in [5.74, 6) is -0.249. The zero-order valence-electron chi connectivity index (χ0n) is 15.3. The second kappa shape index (κ2) is 7.23. The van der Waals surface area contributed by atoms with Crippen LogP contribution in [-0.2, 0) is 17.8 Å². The molecular formula is C23H22N2O2. The summed E-state index contributed by atoms with van der Waals surface area (Å²) in [6.07, 6.45) is 1.69. The summed E-state index contributed by atoms with van der Waals surface area (Å²) in [6.45, 7) is 2.79. The van der Waals surface area contributed by atoms with Crippen LogP contribution < -0.4 is 5.32 Å². The summed E-state index contributed by atoms with van der Waals surface area (Å²) in [5.41, 5.74) is 4.28. The number of ketones is 1. The Kier molecular flexibility index (Phi) is 4.63. The van der Waals surface area contributed by atoms with Gasteiger partial charge in [-0.25, -0.2) is 0 Å². The van der Waals surface area contributed by atoms with Gasteiger partial charge in [0, 0.05) is 23.5 Å². The van der Waals surface area contributed by atoms with Gasteiger partial charge in [-0.15, -0.1) is 0 Å². The van der Waals surface area contributed by atoms with Crippen LogP contribution in [-0.4, -0.2) is 16.3 Å². The van der Waals surface area contributed by atoms with Crippen molar-refractivity contribution in [3.05, 3.63) is 89.2 Å². The summed E-state index contributed by atoms with van der Waals surface area (Å²) < 4.78 is 1.99. The van der Waals surface area contributed by atoms with Gasteiger partial charge in [0.15, 0.2) is 0 Å². The van der Waals surface area contributed by atoms with Gasteiger partial charge in [-0.05, 0) is 42.7 Å². The van der Waals surface area contributed by atoms with Crippen molar-refractivity contribution in [3.8, 4) is 0 Å². The van der Waals surface area contributed by atoms with Gasteiger partial charge < -0.3 is 9.88 Å². The molecule has 1 aliphatic heterocycles. The van der Waals surface area contributed by atoms with E-state index in [9.17, 15) is 9.59 Å². The van der Waals surface area contributed by atoms with Gasteiger partial charge in [0.05, 0.1) is 11.6 Å². The molecule has 1 atom stereocenters. The first kappa shape index (κ1) is 17.3. The van der Waals surface area contributed by atoms with Gasteiger partial charge in [-0.3, -0.25) is 9.59 Å². The third-order valence-corrected chi connectivity index (χ3v) is 5.23. The predicted molar refractivity (Wildman–Crippen MR) is 106 cm³/mol. The van der Waals surface area contributed by atoms with E-state index < -0.39 is 0 Å². The highest BCUT2D eigenvalue weighted by molar-refractivity contribution is 6.08. The van der Waals surface area contributed by atoms with Crippen molar-refractivity contribution in [1.29, 1.82) is 0 Å². The predicted octanol–water partition coefficient (Wildman–Crippen LogP) is 4.41. The molecule has 4 nitrogen and oxygen atoms in total. The molecule has 4 rings (SSSR count). The van der Waals surface area contributed by atoms with Gasteiger partial charge in [0.2, 0.25) is 11.7 Å². The van der Waals surface area contributed by atoms with Crippen LogP contribution in [0.2, 0.25) is 0 Å². The van der Waals surface area contributed by atoms with E-state index in [4.69, 9.17) is 0 Å². The molecule has 1 amide bonds.